The minimum atomic E-state index is -0.278. The van der Waals surface area contributed by atoms with Gasteiger partial charge in [-0.2, -0.15) is 5.10 Å². The van der Waals surface area contributed by atoms with Crippen LogP contribution in [-0.2, 0) is 0 Å². The van der Waals surface area contributed by atoms with E-state index in [9.17, 15) is 4.79 Å². The van der Waals surface area contributed by atoms with Gasteiger partial charge in [0.1, 0.15) is 5.82 Å². The second-order valence-corrected chi connectivity index (χ2v) is 6.83. The molecule has 0 bridgehead atoms. The number of carbonyl (C=O) groups is 1. The molecule has 2 aromatic heterocycles. The van der Waals surface area contributed by atoms with Crippen LogP contribution in [0.1, 0.15) is 29.1 Å². The van der Waals surface area contributed by atoms with Crippen molar-refractivity contribution in [2.24, 2.45) is 0 Å². The molecule has 2 aromatic carbocycles. The predicted molar refractivity (Wildman–Crippen MR) is 108 cm³/mol. The number of aromatic nitrogens is 4. The van der Waals surface area contributed by atoms with Crippen molar-refractivity contribution in [1.29, 1.82) is 0 Å². The number of carbonyl (C=O) groups excluding carboxylic acids is 1. The molecule has 0 aliphatic heterocycles. The lowest BCUT2D eigenvalue weighted by Gasteiger charge is -2.10. The van der Waals surface area contributed by atoms with E-state index in [1.807, 2.05) is 49.4 Å². The van der Waals surface area contributed by atoms with Crippen LogP contribution in [0.4, 0.5) is 0 Å². The van der Waals surface area contributed by atoms with Crippen molar-refractivity contribution in [2.45, 2.75) is 13.0 Å². The van der Waals surface area contributed by atoms with E-state index >= 15 is 0 Å². The van der Waals surface area contributed by atoms with E-state index in [-0.39, 0.29) is 11.9 Å². The molecule has 6 nitrogen and oxygen atoms in total. The Bertz CT molecular complexity index is 1100. The summed E-state index contributed by atoms with van der Waals surface area (Å²) in [6.07, 6.45) is 4.97. The molecule has 0 aliphatic carbocycles. The predicted octanol–water partition coefficient (Wildman–Crippen LogP) is 4.41. The van der Waals surface area contributed by atoms with Crippen molar-refractivity contribution in [3.05, 3.63) is 89.6 Å². The summed E-state index contributed by atoms with van der Waals surface area (Å²) in [5.74, 6) is 0.466. The highest BCUT2D eigenvalue weighted by Crippen LogP contribution is 2.19. The normalized spacial score (nSPS) is 11.9. The number of hydrogen-bond donors (Lipinski definition) is 2. The average Bonchev–Trinajstić information content (AvgIpc) is 3.39. The van der Waals surface area contributed by atoms with Crippen LogP contribution in [0.25, 0.3) is 16.9 Å². The first-order chi connectivity index (χ1) is 13.6. The first-order valence-corrected chi connectivity index (χ1v) is 9.20. The van der Waals surface area contributed by atoms with Gasteiger partial charge in [-0.05, 0) is 30.7 Å². The summed E-state index contributed by atoms with van der Waals surface area (Å²) in [5.41, 5.74) is 3.20. The van der Waals surface area contributed by atoms with E-state index in [4.69, 9.17) is 11.6 Å². The molecule has 4 aromatic rings. The number of nitrogens with zero attached hydrogens (tertiary/aromatic N) is 3. The van der Waals surface area contributed by atoms with Crippen LogP contribution < -0.4 is 5.32 Å². The van der Waals surface area contributed by atoms with Gasteiger partial charge >= 0.3 is 0 Å². The average molecular weight is 392 g/mol. The Morgan fingerprint density at radius 1 is 1.14 bits per heavy atom. The van der Waals surface area contributed by atoms with Gasteiger partial charge in [0.25, 0.3) is 5.91 Å². The molecule has 0 radical (unpaired) electrons. The van der Waals surface area contributed by atoms with Gasteiger partial charge in [0, 0.05) is 11.2 Å². The van der Waals surface area contributed by atoms with E-state index in [1.54, 1.807) is 29.2 Å². The number of aromatic amines is 1. The van der Waals surface area contributed by atoms with Crippen molar-refractivity contribution in [1.82, 2.24) is 25.1 Å². The zero-order chi connectivity index (χ0) is 19.5. The lowest BCUT2D eigenvalue weighted by atomic mass is 10.2. The number of benzene rings is 2. The first kappa shape index (κ1) is 18.0. The number of H-pyrrole nitrogens is 1. The summed E-state index contributed by atoms with van der Waals surface area (Å²) in [5, 5.41) is 7.80. The maximum absolute atomic E-state index is 12.6. The minimum absolute atomic E-state index is 0.224. The van der Waals surface area contributed by atoms with Crippen LogP contribution in [0.5, 0.6) is 0 Å². The van der Waals surface area contributed by atoms with Gasteiger partial charge in [0.2, 0.25) is 0 Å². The van der Waals surface area contributed by atoms with Gasteiger partial charge < -0.3 is 10.3 Å². The molecule has 4 rings (SSSR count). The maximum atomic E-state index is 12.6. The topological polar surface area (TPSA) is 75.6 Å². The lowest BCUT2D eigenvalue weighted by molar-refractivity contribution is 0.0938. The fourth-order valence-electron chi connectivity index (χ4n) is 2.87. The summed E-state index contributed by atoms with van der Waals surface area (Å²) in [6, 6.07) is 16.9. The Labute approximate surface area is 167 Å². The van der Waals surface area contributed by atoms with Crippen molar-refractivity contribution >= 4 is 17.5 Å². The molecule has 2 heterocycles. The third-order valence-electron chi connectivity index (χ3n) is 4.36. The molecule has 28 heavy (non-hydrogen) atoms. The molecule has 0 spiro atoms. The van der Waals surface area contributed by atoms with E-state index in [0.717, 1.165) is 16.9 Å². The van der Waals surface area contributed by atoms with Crippen LogP contribution >= 0.6 is 11.6 Å². The Hall–Kier alpha value is -3.38. The van der Waals surface area contributed by atoms with Crippen LogP contribution in [0.2, 0.25) is 5.02 Å². The van der Waals surface area contributed by atoms with Gasteiger partial charge in [-0.15, -0.1) is 0 Å². The molecule has 0 saturated carbocycles. The van der Waals surface area contributed by atoms with E-state index < -0.39 is 0 Å². The quantitative estimate of drug-likeness (QED) is 0.529. The second kappa shape index (κ2) is 7.70. The smallest absolute Gasteiger partial charge is 0.255 e. The Morgan fingerprint density at radius 2 is 1.96 bits per heavy atom. The monoisotopic (exact) mass is 391 g/mol. The second-order valence-electron chi connectivity index (χ2n) is 6.40. The van der Waals surface area contributed by atoms with Crippen molar-refractivity contribution in [3.8, 4) is 16.9 Å². The van der Waals surface area contributed by atoms with Crippen LogP contribution in [-0.4, -0.2) is 25.7 Å². The third kappa shape index (κ3) is 3.82. The third-order valence-corrected chi connectivity index (χ3v) is 4.59. The molecule has 2 N–H and O–H groups in total. The van der Waals surface area contributed by atoms with Crippen LogP contribution in [0.15, 0.2) is 73.2 Å². The van der Waals surface area contributed by atoms with Crippen molar-refractivity contribution < 1.29 is 4.79 Å². The highest BCUT2D eigenvalue weighted by Gasteiger charge is 2.16. The Morgan fingerprint density at radius 3 is 2.75 bits per heavy atom. The zero-order valence-electron chi connectivity index (χ0n) is 15.1. The molecule has 1 atom stereocenters. The SMILES string of the molecule is CC(NC(=O)c1cnn(-c2cccc(Cl)c2)c1)c1ncc(-c2ccccc2)[nH]1. The standard InChI is InChI=1S/C21H18ClN5O/c1-14(20-23-12-19(26-20)15-6-3-2-4-7-15)25-21(28)16-11-24-27(13-16)18-9-5-8-17(22)10-18/h2-14H,1H3,(H,23,26)(H,25,28). The van der Waals surface area contributed by atoms with Gasteiger partial charge in [-0.3, -0.25) is 4.79 Å². The van der Waals surface area contributed by atoms with Gasteiger partial charge in [-0.1, -0.05) is 48.0 Å². The number of halogens is 1. The molecule has 140 valence electrons. The van der Waals surface area contributed by atoms with Gasteiger partial charge in [-0.25, -0.2) is 9.67 Å². The molecule has 7 heteroatoms. The highest BCUT2D eigenvalue weighted by molar-refractivity contribution is 6.30. The highest BCUT2D eigenvalue weighted by atomic mass is 35.5. The lowest BCUT2D eigenvalue weighted by Crippen LogP contribution is -2.27. The Balaban J connectivity index is 1.46. The van der Waals surface area contributed by atoms with Gasteiger partial charge in [0.05, 0.1) is 35.4 Å². The number of amides is 1. The number of rotatable bonds is 5. The first-order valence-electron chi connectivity index (χ1n) is 8.82. The largest absolute Gasteiger partial charge is 0.342 e. The fourth-order valence-corrected chi connectivity index (χ4v) is 3.05. The van der Waals surface area contributed by atoms with Crippen LogP contribution in [0, 0.1) is 0 Å². The molecule has 1 amide bonds. The summed E-state index contributed by atoms with van der Waals surface area (Å²) in [4.78, 5) is 20.2. The van der Waals surface area contributed by atoms with Crippen LogP contribution in [0.3, 0.4) is 0 Å². The van der Waals surface area contributed by atoms with E-state index in [1.165, 1.54) is 6.20 Å². The Kier molecular flexibility index (Phi) is 4.95. The van der Waals surface area contributed by atoms with E-state index in [0.29, 0.717) is 16.4 Å². The van der Waals surface area contributed by atoms with Crippen molar-refractivity contribution in [2.75, 3.05) is 0 Å². The summed E-state index contributed by atoms with van der Waals surface area (Å²) in [7, 11) is 0. The van der Waals surface area contributed by atoms with E-state index in [2.05, 4.69) is 20.4 Å². The minimum Gasteiger partial charge on any atom is -0.342 e. The number of nitrogens with one attached hydrogen (secondary N) is 2. The zero-order valence-corrected chi connectivity index (χ0v) is 15.9. The molecule has 0 fully saturated rings. The molecule has 1 unspecified atom stereocenters. The molecule has 0 saturated heterocycles. The summed E-state index contributed by atoms with van der Waals surface area (Å²) in [6.45, 7) is 1.88. The molecular weight excluding hydrogens is 374 g/mol. The fraction of sp³-hybridized carbons (Fsp3) is 0.0952. The maximum Gasteiger partial charge on any atom is 0.255 e. The summed E-state index contributed by atoms with van der Waals surface area (Å²) < 4.78 is 1.62. The molecular formula is C21H18ClN5O. The number of imidazole rings is 1. The van der Waals surface area contributed by atoms with Crippen molar-refractivity contribution in [3.63, 3.8) is 0 Å². The van der Waals surface area contributed by atoms with Gasteiger partial charge in [0.15, 0.2) is 0 Å². The molecule has 0 aliphatic rings. The number of hydrogen-bond acceptors (Lipinski definition) is 3. The summed E-state index contributed by atoms with van der Waals surface area (Å²) >= 11 is 6.02.